The molecule has 0 saturated heterocycles. The maximum Gasteiger partial charge on any atom is 0.315 e. The number of urea groups is 1. The fourth-order valence-electron chi connectivity index (χ4n) is 1.87. The summed E-state index contributed by atoms with van der Waals surface area (Å²) in [6.07, 6.45) is 2.04. The Bertz CT molecular complexity index is 395. The Labute approximate surface area is 114 Å². The number of rotatable bonds is 5. The summed E-state index contributed by atoms with van der Waals surface area (Å²) < 4.78 is 0. The molecule has 0 unspecified atom stereocenters. The third-order valence-electron chi connectivity index (χ3n) is 2.82. The molecule has 100 valence electrons. The van der Waals surface area contributed by atoms with Crippen LogP contribution in [0.3, 0.4) is 0 Å². The van der Waals surface area contributed by atoms with Gasteiger partial charge in [0.05, 0.1) is 6.04 Å². The van der Waals surface area contributed by atoms with Gasteiger partial charge in [-0.2, -0.15) is 0 Å². The fourth-order valence-corrected chi connectivity index (χ4v) is 2.17. The van der Waals surface area contributed by atoms with Gasteiger partial charge in [-0.3, -0.25) is 0 Å². The molecule has 2 N–H and O–H groups in total. The van der Waals surface area contributed by atoms with Crippen molar-refractivity contribution in [2.75, 3.05) is 0 Å². The van der Waals surface area contributed by atoms with Crippen molar-refractivity contribution in [3.05, 3.63) is 34.9 Å². The van der Waals surface area contributed by atoms with E-state index in [-0.39, 0.29) is 18.1 Å². The smallest absolute Gasteiger partial charge is 0.315 e. The molecule has 1 aromatic carbocycles. The number of amides is 2. The summed E-state index contributed by atoms with van der Waals surface area (Å²) in [4.78, 5) is 11.8. The number of halogens is 1. The lowest BCUT2D eigenvalue weighted by molar-refractivity contribution is 0.234. The summed E-state index contributed by atoms with van der Waals surface area (Å²) in [5.41, 5.74) is 0.928. The van der Waals surface area contributed by atoms with Crippen LogP contribution in [0.2, 0.25) is 5.02 Å². The summed E-state index contributed by atoms with van der Waals surface area (Å²) in [5.74, 6) is 0. The lowest BCUT2D eigenvalue weighted by atomic mass is 10.1. The first-order valence-corrected chi connectivity index (χ1v) is 6.73. The van der Waals surface area contributed by atoms with E-state index in [0.29, 0.717) is 5.02 Å². The van der Waals surface area contributed by atoms with Crippen LogP contribution >= 0.6 is 11.6 Å². The quantitative estimate of drug-likeness (QED) is 0.836. The molecule has 2 atom stereocenters. The molecule has 0 spiro atoms. The van der Waals surface area contributed by atoms with Crippen LogP contribution < -0.4 is 10.6 Å². The Hall–Kier alpha value is -1.22. The predicted octanol–water partition coefficient (Wildman–Crippen LogP) is 3.89. The van der Waals surface area contributed by atoms with Gasteiger partial charge >= 0.3 is 6.03 Å². The highest BCUT2D eigenvalue weighted by molar-refractivity contribution is 6.31. The molecule has 0 aromatic heterocycles. The summed E-state index contributed by atoms with van der Waals surface area (Å²) in [6.45, 7) is 6.02. The topological polar surface area (TPSA) is 41.1 Å². The van der Waals surface area contributed by atoms with Gasteiger partial charge in [0, 0.05) is 11.1 Å². The lowest BCUT2D eigenvalue weighted by Crippen LogP contribution is -2.41. The van der Waals surface area contributed by atoms with Crippen molar-refractivity contribution in [3.8, 4) is 0 Å². The molecule has 2 amide bonds. The minimum Gasteiger partial charge on any atom is -0.336 e. The van der Waals surface area contributed by atoms with Crippen LogP contribution in [0.4, 0.5) is 4.79 Å². The molecule has 0 bridgehead atoms. The first kappa shape index (κ1) is 14.8. The van der Waals surface area contributed by atoms with Crippen molar-refractivity contribution < 1.29 is 4.79 Å². The van der Waals surface area contributed by atoms with Crippen molar-refractivity contribution in [2.24, 2.45) is 0 Å². The summed E-state index contributed by atoms with van der Waals surface area (Å²) in [7, 11) is 0. The van der Waals surface area contributed by atoms with E-state index >= 15 is 0 Å². The van der Waals surface area contributed by atoms with Gasteiger partial charge in [-0.1, -0.05) is 43.1 Å². The van der Waals surface area contributed by atoms with Gasteiger partial charge in [0.25, 0.3) is 0 Å². The van der Waals surface area contributed by atoms with Crippen molar-refractivity contribution in [1.82, 2.24) is 10.6 Å². The van der Waals surface area contributed by atoms with Gasteiger partial charge in [0.1, 0.15) is 0 Å². The minimum absolute atomic E-state index is 0.104. The average molecular weight is 269 g/mol. The zero-order valence-electron chi connectivity index (χ0n) is 11.2. The van der Waals surface area contributed by atoms with Gasteiger partial charge in [-0.25, -0.2) is 4.79 Å². The molecule has 1 aromatic rings. The van der Waals surface area contributed by atoms with Crippen LogP contribution in [-0.2, 0) is 0 Å². The Kier molecular flexibility index (Phi) is 5.99. The molecule has 4 heteroatoms. The number of carbonyl (C=O) groups excluding carboxylic acids is 1. The van der Waals surface area contributed by atoms with E-state index in [2.05, 4.69) is 17.6 Å². The van der Waals surface area contributed by atoms with Crippen LogP contribution in [-0.4, -0.2) is 12.1 Å². The Morgan fingerprint density at radius 2 is 1.94 bits per heavy atom. The van der Waals surface area contributed by atoms with E-state index in [4.69, 9.17) is 11.6 Å². The Morgan fingerprint density at radius 3 is 2.56 bits per heavy atom. The highest BCUT2D eigenvalue weighted by atomic mass is 35.5. The second-order valence-electron chi connectivity index (χ2n) is 4.55. The monoisotopic (exact) mass is 268 g/mol. The van der Waals surface area contributed by atoms with E-state index < -0.39 is 0 Å². The van der Waals surface area contributed by atoms with Gasteiger partial charge in [-0.15, -0.1) is 0 Å². The van der Waals surface area contributed by atoms with Crippen LogP contribution in [0, 0.1) is 0 Å². The number of hydrogen-bond acceptors (Lipinski definition) is 1. The third-order valence-corrected chi connectivity index (χ3v) is 3.16. The van der Waals surface area contributed by atoms with E-state index in [1.54, 1.807) is 0 Å². The highest BCUT2D eigenvalue weighted by Crippen LogP contribution is 2.21. The molecule has 0 radical (unpaired) electrons. The zero-order chi connectivity index (χ0) is 13.5. The second kappa shape index (κ2) is 7.27. The van der Waals surface area contributed by atoms with Crippen LogP contribution in [0.25, 0.3) is 0 Å². The molecule has 1 rings (SSSR count). The lowest BCUT2D eigenvalue weighted by Gasteiger charge is -2.18. The third kappa shape index (κ3) is 4.57. The number of nitrogens with one attached hydrogen (secondary N) is 2. The van der Waals surface area contributed by atoms with Gasteiger partial charge in [0.15, 0.2) is 0 Å². The highest BCUT2D eigenvalue weighted by Gasteiger charge is 2.13. The Morgan fingerprint density at radius 1 is 1.28 bits per heavy atom. The first-order valence-electron chi connectivity index (χ1n) is 6.36. The van der Waals surface area contributed by atoms with Crippen molar-refractivity contribution >= 4 is 17.6 Å². The number of carbonyl (C=O) groups is 1. The summed E-state index contributed by atoms with van der Waals surface area (Å²) >= 11 is 6.09. The normalized spacial score (nSPS) is 13.8. The average Bonchev–Trinajstić information content (AvgIpc) is 2.29. The van der Waals surface area contributed by atoms with E-state index in [9.17, 15) is 4.79 Å². The van der Waals surface area contributed by atoms with Crippen molar-refractivity contribution in [2.45, 2.75) is 45.7 Å². The molecule has 3 nitrogen and oxygen atoms in total. The maximum atomic E-state index is 11.8. The molecular weight excluding hydrogens is 248 g/mol. The minimum atomic E-state index is -0.150. The van der Waals surface area contributed by atoms with Crippen LogP contribution in [0.1, 0.15) is 45.2 Å². The fraction of sp³-hybridized carbons (Fsp3) is 0.500. The largest absolute Gasteiger partial charge is 0.336 e. The predicted molar refractivity (Wildman–Crippen MR) is 75.9 cm³/mol. The standard InChI is InChI=1S/C14H21ClN2O/c1-4-7-10(2)16-14(18)17-11(3)12-8-5-6-9-13(12)15/h5-6,8-11H,4,7H2,1-3H3,(H2,16,17,18)/t10-,11+/m0/s1. The first-order chi connectivity index (χ1) is 8.54. The van der Waals surface area contributed by atoms with Gasteiger partial charge in [-0.05, 0) is 31.9 Å². The number of benzene rings is 1. The molecule has 0 saturated carbocycles. The molecular formula is C14H21ClN2O. The van der Waals surface area contributed by atoms with E-state index in [0.717, 1.165) is 18.4 Å². The van der Waals surface area contributed by atoms with Crippen LogP contribution in [0.15, 0.2) is 24.3 Å². The van der Waals surface area contributed by atoms with Gasteiger partial charge in [0.2, 0.25) is 0 Å². The summed E-state index contributed by atoms with van der Waals surface area (Å²) in [5, 5.41) is 6.47. The molecule has 0 fully saturated rings. The number of hydrogen-bond donors (Lipinski definition) is 2. The van der Waals surface area contributed by atoms with Crippen molar-refractivity contribution in [3.63, 3.8) is 0 Å². The summed E-state index contributed by atoms with van der Waals surface area (Å²) in [6, 6.07) is 7.47. The van der Waals surface area contributed by atoms with Crippen molar-refractivity contribution in [1.29, 1.82) is 0 Å². The second-order valence-corrected chi connectivity index (χ2v) is 4.96. The molecule has 0 aliphatic carbocycles. The van der Waals surface area contributed by atoms with Gasteiger partial charge < -0.3 is 10.6 Å². The molecule has 0 aliphatic heterocycles. The van der Waals surface area contributed by atoms with E-state index in [1.807, 2.05) is 38.1 Å². The SMILES string of the molecule is CCC[C@H](C)NC(=O)N[C@H](C)c1ccccc1Cl. The maximum absolute atomic E-state index is 11.8. The van der Waals surface area contributed by atoms with Crippen LogP contribution in [0.5, 0.6) is 0 Å². The molecule has 0 heterocycles. The zero-order valence-corrected chi connectivity index (χ0v) is 11.9. The molecule has 0 aliphatic rings. The Balaban J connectivity index is 2.52. The molecule has 18 heavy (non-hydrogen) atoms. The van der Waals surface area contributed by atoms with E-state index in [1.165, 1.54) is 0 Å².